The Hall–Kier alpha value is -2.30. The quantitative estimate of drug-likeness (QED) is 0.787. The van der Waals surface area contributed by atoms with Gasteiger partial charge < -0.3 is 15.2 Å². The Labute approximate surface area is 141 Å². The van der Waals surface area contributed by atoms with Crippen LogP contribution in [0.5, 0.6) is 5.75 Å². The van der Waals surface area contributed by atoms with Crippen LogP contribution in [0, 0.1) is 17.8 Å². The topological polar surface area (TPSA) is 75.6 Å². The number of carboxylic acids is 1. The first kappa shape index (κ1) is 16.6. The van der Waals surface area contributed by atoms with Crippen molar-refractivity contribution in [2.24, 2.45) is 17.8 Å². The SMILES string of the molecule is COc1cccc(C(C)(CC(=O)O)NC(=O)C2CC3C=CC2C3)c1. The molecule has 2 bridgehead atoms. The Morgan fingerprint density at radius 2 is 2.12 bits per heavy atom. The Bertz CT molecular complexity index is 684. The van der Waals surface area contributed by atoms with Crippen LogP contribution >= 0.6 is 0 Å². The minimum absolute atomic E-state index is 0.0567. The zero-order chi connectivity index (χ0) is 17.3. The summed E-state index contributed by atoms with van der Waals surface area (Å²) in [4.78, 5) is 24.2. The van der Waals surface area contributed by atoms with Crippen LogP contribution in [-0.2, 0) is 15.1 Å². The maximum absolute atomic E-state index is 12.8. The molecule has 2 N–H and O–H groups in total. The number of aliphatic carboxylic acids is 1. The van der Waals surface area contributed by atoms with Gasteiger partial charge >= 0.3 is 5.97 Å². The van der Waals surface area contributed by atoms with Gasteiger partial charge in [0.1, 0.15) is 5.75 Å². The maximum Gasteiger partial charge on any atom is 0.306 e. The number of methoxy groups -OCH3 is 1. The Morgan fingerprint density at radius 1 is 1.33 bits per heavy atom. The van der Waals surface area contributed by atoms with Gasteiger partial charge in [0.05, 0.1) is 19.1 Å². The number of carbonyl (C=O) groups excluding carboxylic acids is 1. The van der Waals surface area contributed by atoms with E-state index in [1.54, 1.807) is 32.2 Å². The number of nitrogens with one attached hydrogen (secondary N) is 1. The predicted molar refractivity (Wildman–Crippen MR) is 89.6 cm³/mol. The van der Waals surface area contributed by atoms with Crippen LogP contribution in [-0.4, -0.2) is 24.1 Å². The number of carbonyl (C=O) groups is 2. The molecule has 128 valence electrons. The molecule has 3 rings (SSSR count). The number of ether oxygens (including phenoxy) is 1. The molecule has 0 saturated heterocycles. The summed E-state index contributed by atoms with van der Waals surface area (Å²) in [5, 5.41) is 12.3. The van der Waals surface area contributed by atoms with Gasteiger partial charge in [0.15, 0.2) is 0 Å². The van der Waals surface area contributed by atoms with E-state index in [9.17, 15) is 14.7 Å². The molecule has 5 nitrogen and oxygen atoms in total. The lowest BCUT2D eigenvalue weighted by atomic mass is 9.86. The molecule has 4 atom stereocenters. The average molecular weight is 329 g/mol. The van der Waals surface area contributed by atoms with Crippen molar-refractivity contribution < 1.29 is 19.4 Å². The molecule has 24 heavy (non-hydrogen) atoms. The van der Waals surface area contributed by atoms with Gasteiger partial charge in [-0.2, -0.15) is 0 Å². The van der Waals surface area contributed by atoms with Gasteiger partial charge in [0, 0.05) is 5.92 Å². The molecular weight excluding hydrogens is 306 g/mol. The molecule has 2 aliphatic carbocycles. The van der Waals surface area contributed by atoms with Gasteiger partial charge in [0.25, 0.3) is 0 Å². The second kappa shape index (κ2) is 6.30. The second-order valence-electron chi connectivity index (χ2n) is 7.01. The third kappa shape index (κ3) is 3.16. The molecule has 5 heteroatoms. The number of fused-ring (bicyclic) bond motifs is 2. The van der Waals surface area contributed by atoms with Gasteiger partial charge in [-0.05, 0) is 49.3 Å². The van der Waals surface area contributed by atoms with Crippen molar-refractivity contribution in [2.45, 2.75) is 31.7 Å². The highest BCUT2D eigenvalue weighted by Crippen LogP contribution is 2.44. The third-order valence-electron chi connectivity index (χ3n) is 5.23. The summed E-state index contributed by atoms with van der Waals surface area (Å²) in [6.45, 7) is 1.76. The van der Waals surface area contributed by atoms with Gasteiger partial charge in [-0.25, -0.2) is 0 Å². The van der Waals surface area contributed by atoms with E-state index in [0.717, 1.165) is 18.4 Å². The highest BCUT2D eigenvalue weighted by molar-refractivity contribution is 5.82. The van der Waals surface area contributed by atoms with Crippen molar-refractivity contribution in [1.29, 1.82) is 0 Å². The van der Waals surface area contributed by atoms with E-state index >= 15 is 0 Å². The molecular formula is C19H23NO4. The normalized spacial score (nSPS) is 26.8. The predicted octanol–water partition coefficient (Wildman–Crippen LogP) is 2.71. The summed E-state index contributed by atoms with van der Waals surface area (Å²) >= 11 is 0. The monoisotopic (exact) mass is 329 g/mol. The van der Waals surface area contributed by atoms with Crippen molar-refractivity contribution in [1.82, 2.24) is 5.32 Å². The zero-order valence-corrected chi connectivity index (χ0v) is 14.0. The van der Waals surface area contributed by atoms with Gasteiger partial charge in [-0.1, -0.05) is 24.3 Å². The lowest BCUT2D eigenvalue weighted by Gasteiger charge is -2.32. The molecule has 1 amide bonds. The fraction of sp³-hybridized carbons (Fsp3) is 0.474. The van der Waals surface area contributed by atoms with Crippen molar-refractivity contribution in [3.8, 4) is 5.75 Å². The molecule has 1 aromatic carbocycles. The molecule has 2 aliphatic rings. The summed E-state index contributed by atoms with van der Waals surface area (Å²) in [5.74, 6) is 0.356. The standard InChI is InChI=1S/C19H23NO4/c1-19(11-17(21)22,14-4-3-5-15(10-14)24-2)20-18(23)16-9-12-6-7-13(16)8-12/h3-7,10,12-13,16H,8-9,11H2,1-2H3,(H,20,23)(H,21,22). The average Bonchev–Trinajstić information content (AvgIpc) is 3.17. The largest absolute Gasteiger partial charge is 0.497 e. The molecule has 4 unspecified atom stereocenters. The fourth-order valence-corrected chi connectivity index (χ4v) is 3.93. The van der Waals surface area contributed by atoms with Crippen LogP contribution in [0.4, 0.5) is 0 Å². The molecule has 0 aromatic heterocycles. The first-order chi connectivity index (χ1) is 11.4. The summed E-state index contributed by atoms with van der Waals surface area (Å²) in [6, 6.07) is 7.21. The Kier molecular flexibility index (Phi) is 4.35. The molecule has 1 saturated carbocycles. The number of hydrogen-bond donors (Lipinski definition) is 2. The minimum Gasteiger partial charge on any atom is -0.497 e. The van der Waals surface area contributed by atoms with Crippen molar-refractivity contribution in [3.05, 3.63) is 42.0 Å². The maximum atomic E-state index is 12.8. The minimum atomic E-state index is -0.969. The van der Waals surface area contributed by atoms with Crippen molar-refractivity contribution >= 4 is 11.9 Å². The lowest BCUT2D eigenvalue weighted by Crippen LogP contribution is -2.48. The van der Waals surface area contributed by atoms with E-state index in [1.165, 1.54) is 0 Å². The van der Waals surface area contributed by atoms with Crippen LogP contribution in [0.2, 0.25) is 0 Å². The highest BCUT2D eigenvalue weighted by atomic mass is 16.5. The first-order valence-electron chi connectivity index (χ1n) is 8.28. The second-order valence-corrected chi connectivity index (χ2v) is 7.01. The molecule has 0 aliphatic heterocycles. The van der Waals surface area contributed by atoms with Crippen LogP contribution in [0.3, 0.4) is 0 Å². The van der Waals surface area contributed by atoms with Gasteiger partial charge in [-0.15, -0.1) is 0 Å². The van der Waals surface area contributed by atoms with Crippen LogP contribution < -0.4 is 10.1 Å². The molecule has 0 spiro atoms. The molecule has 1 fully saturated rings. The number of benzene rings is 1. The Balaban J connectivity index is 1.83. The molecule has 0 heterocycles. The van der Waals surface area contributed by atoms with E-state index < -0.39 is 11.5 Å². The lowest BCUT2D eigenvalue weighted by molar-refractivity contribution is -0.139. The number of rotatable bonds is 6. The van der Waals surface area contributed by atoms with E-state index in [1.807, 2.05) is 6.07 Å². The van der Waals surface area contributed by atoms with Crippen LogP contribution in [0.1, 0.15) is 31.7 Å². The summed E-state index contributed by atoms with van der Waals surface area (Å²) in [7, 11) is 1.56. The van der Waals surface area contributed by atoms with Crippen LogP contribution in [0.15, 0.2) is 36.4 Å². The number of amides is 1. The zero-order valence-electron chi connectivity index (χ0n) is 14.0. The third-order valence-corrected chi connectivity index (χ3v) is 5.23. The summed E-state index contributed by atoms with van der Waals surface area (Å²) in [5.41, 5.74) is -0.237. The van der Waals surface area contributed by atoms with E-state index in [0.29, 0.717) is 11.7 Å². The number of hydrogen-bond acceptors (Lipinski definition) is 3. The molecule has 0 radical (unpaired) electrons. The van der Waals surface area contributed by atoms with Crippen LogP contribution in [0.25, 0.3) is 0 Å². The van der Waals surface area contributed by atoms with Gasteiger partial charge in [0.2, 0.25) is 5.91 Å². The van der Waals surface area contributed by atoms with E-state index in [2.05, 4.69) is 17.5 Å². The number of allylic oxidation sites excluding steroid dienone is 2. The van der Waals surface area contributed by atoms with E-state index in [-0.39, 0.29) is 24.2 Å². The first-order valence-corrected chi connectivity index (χ1v) is 8.28. The molecule has 1 aromatic rings. The van der Waals surface area contributed by atoms with Crippen molar-refractivity contribution in [2.75, 3.05) is 7.11 Å². The fourth-order valence-electron chi connectivity index (χ4n) is 3.93. The Morgan fingerprint density at radius 3 is 2.71 bits per heavy atom. The number of carboxylic acid groups (broad SMARTS) is 1. The van der Waals surface area contributed by atoms with Gasteiger partial charge in [-0.3, -0.25) is 9.59 Å². The highest BCUT2D eigenvalue weighted by Gasteiger charge is 2.42. The summed E-state index contributed by atoms with van der Waals surface area (Å²) < 4.78 is 5.23. The van der Waals surface area contributed by atoms with Crippen molar-refractivity contribution in [3.63, 3.8) is 0 Å². The smallest absolute Gasteiger partial charge is 0.306 e. The summed E-state index contributed by atoms with van der Waals surface area (Å²) in [6.07, 6.45) is 6.02. The van der Waals surface area contributed by atoms with E-state index in [4.69, 9.17) is 4.74 Å².